The maximum absolute atomic E-state index is 13.3. The Labute approximate surface area is 372 Å². The number of allylic oxidation sites excluding steroid dienone is 1. The monoisotopic (exact) mass is 891 g/mol. The average molecular weight is 892 g/mol. The summed E-state index contributed by atoms with van der Waals surface area (Å²) >= 11 is 1.43. The Balaban J connectivity index is 1.28. The third-order valence-corrected chi connectivity index (χ3v) is 9.77. The van der Waals surface area contributed by atoms with Crippen LogP contribution in [0.4, 0.5) is 5.13 Å². The highest BCUT2D eigenvalue weighted by Crippen LogP contribution is 2.30. The summed E-state index contributed by atoms with van der Waals surface area (Å²) in [5.74, 6) is -1.70. The lowest BCUT2D eigenvalue weighted by atomic mass is 10.0. The SMILES string of the molecule is C=CC(=C)OCOc1ccc(C(=O)OCCc2ccc(CCOC(=O)c3ccc(OCOC(=O)C=C)c(OCOC(=O)C=C)c3)c(/C=N/N(CCO)c3nc4ccccc4s3)c2)cc1. The van der Waals surface area contributed by atoms with Crippen molar-refractivity contribution < 1.29 is 62.2 Å². The lowest BCUT2D eigenvalue weighted by Crippen LogP contribution is -2.20. The smallest absolute Gasteiger partial charge is 0.338 e. The first-order valence-electron chi connectivity index (χ1n) is 19.5. The molecule has 64 heavy (non-hydrogen) atoms. The Morgan fingerprint density at radius 1 is 0.703 bits per heavy atom. The fraction of sp³-hybridized carbons (Fsp3) is 0.191. The van der Waals surface area contributed by atoms with Gasteiger partial charge in [0.25, 0.3) is 0 Å². The second kappa shape index (κ2) is 24.6. The normalized spacial score (nSPS) is 10.6. The van der Waals surface area contributed by atoms with Gasteiger partial charge in [0, 0.05) is 25.0 Å². The second-order valence-corrected chi connectivity index (χ2v) is 14.0. The van der Waals surface area contributed by atoms with Crippen LogP contribution in [0.25, 0.3) is 10.2 Å². The van der Waals surface area contributed by atoms with Gasteiger partial charge in [-0.2, -0.15) is 5.10 Å². The molecule has 0 bridgehead atoms. The molecule has 332 valence electrons. The number of aromatic nitrogens is 1. The Morgan fingerprint density at radius 2 is 1.36 bits per heavy atom. The molecular formula is C47H45N3O13S. The molecule has 1 heterocycles. The van der Waals surface area contributed by atoms with E-state index in [0.717, 1.165) is 33.5 Å². The van der Waals surface area contributed by atoms with Crippen LogP contribution >= 0.6 is 11.3 Å². The van der Waals surface area contributed by atoms with E-state index in [-0.39, 0.29) is 56.6 Å². The van der Waals surface area contributed by atoms with E-state index in [1.807, 2.05) is 42.5 Å². The fourth-order valence-corrected chi connectivity index (χ4v) is 6.39. The molecule has 0 aliphatic heterocycles. The van der Waals surface area contributed by atoms with Crippen molar-refractivity contribution in [3.05, 3.63) is 163 Å². The molecule has 0 saturated heterocycles. The Hall–Kier alpha value is -7.76. The van der Waals surface area contributed by atoms with E-state index in [1.54, 1.807) is 35.5 Å². The lowest BCUT2D eigenvalue weighted by molar-refractivity contribution is -0.146. The maximum Gasteiger partial charge on any atom is 0.338 e. The molecule has 0 saturated carbocycles. The standard InChI is InChI=1S/C47H45N3O13S/c1-5-32(4)58-29-59-38-17-14-35(15-18-38)45(54)56-24-20-33-12-13-34(37(26-33)28-48-50(22-23-51)47-49-39-10-8-9-11-42(39)64-47)21-25-57-46(55)36-16-19-40(60-30-62-43(52)6-2)41(27-36)61-31-63-44(53)7-3/h5-19,26-28,51H,1-4,20-25,29-31H2/b48-28+. The first-order chi connectivity index (χ1) is 31.1. The van der Waals surface area contributed by atoms with Gasteiger partial charge < -0.3 is 43.0 Å². The summed E-state index contributed by atoms with van der Waals surface area (Å²) in [6, 6.07) is 23.9. The number of aliphatic hydroxyl groups excluding tert-OH is 1. The molecule has 0 aliphatic carbocycles. The highest BCUT2D eigenvalue weighted by molar-refractivity contribution is 7.22. The molecule has 1 N–H and O–H groups in total. The third-order valence-electron chi connectivity index (χ3n) is 8.72. The Morgan fingerprint density at radius 3 is 2.05 bits per heavy atom. The number of thiazole rings is 1. The molecule has 1 aromatic heterocycles. The lowest BCUT2D eigenvalue weighted by Gasteiger charge is -2.15. The van der Waals surface area contributed by atoms with Gasteiger partial charge in [0.2, 0.25) is 25.5 Å². The molecule has 17 heteroatoms. The van der Waals surface area contributed by atoms with E-state index in [4.69, 9.17) is 43.0 Å². The number of nitrogens with zero attached hydrogens (tertiary/aromatic N) is 3. The molecule has 0 atom stereocenters. The third kappa shape index (κ3) is 14.4. The largest absolute Gasteiger partial charge is 0.462 e. The molecule has 0 aliphatic rings. The van der Waals surface area contributed by atoms with Crippen molar-refractivity contribution in [2.45, 2.75) is 12.8 Å². The number of carbonyl (C=O) groups excluding carboxylic acids is 4. The number of rotatable bonds is 26. The van der Waals surface area contributed by atoms with Gasteiger partial charge in [0.1, 0.15) is 11.5 Å². The summed E-state index contributed by atoms with van der Waals surface area (Å²) < 4.78 is 43.7. The molecule has 4 aromatic carbocycles. The van der Waals surface area contributed by atoms with E-state index < -0.39 is 37.5 Å². The number of benzene rings is 4. The van der Waals surface area contributed by atoms with Gasteiger partial charge in [-0.25, -0.2) is 29.2 Å². The number of ether oxygens (including phenoxy) is 8. The van der Waals surface area contributed by atoms with Crippen molar-refractivity contribution in [2.24, 2.45) is 5.10 Å². The van der Waals surface area contributed by atoms with Crippen molar-refractivity contribution in [2.75, 3.05) is 51.8 Å². The van der Waals surface area contributed by atoms with Gasteiger partial charge in [-0.3, -0.25) is 0 Å². The van der Waals surface area contributed by atoms with E-state index in [1.165, 1.54) is 35.6 Å². The first kappa shape index (κ1) is 47.3. The molecule has 0 fully saturated rings. The number of para-hydroxylation sites is 1. The van der Waals surface area contributed by atoms with Crippen LogP contribution in [0.1, 0.15) is 37.4 Å². The summed E-state index contributed by atoms with van der Waals surface area (Å²) in [5, 5.41) is 16.8. The van der Waals surface area contributed by atoms with Gasteiger partial charge in [0.15, 0.2) is 11.5 Å². The van der Waals surface area contributed by atoms with E-state index in [0.29, 0.717) is 34.2 Å². The maximum atomic E-state index is 13.3. The predicted molar refractivity (Wildman–Crippen MR) is 238 cm³/mol. The summed E-state index contributed by atoms with van der Waals surface area (Å²) in [4.78, 5) is 53.8. The van der Waals surface area contributed by atoms with E-state index in [9.17, 15) is 24.3 Å². The molecule has 16 nitrogen and oxygen atoms in total. The number of anilines is 1. The Kier molecular flexibility index (Phi) is 18.2. The van der Waals surface area contributed by atoms with Gasteiger partial charge in [-0.05, 0) is 83.4 Å². The van der Waals surface area contributed by atoms with Gasteiger partial charge in [0.05, 0.1) is 53.9 Å². The van der Waals surface area contributed by atoms with Crippen LogP contribution in [0.15, 0.2) is 140 Å². The van der Waals surface area contributed by atoms with Gasteiger partial charge >= 0.3 is 23.9 Å². The zero-order chi connectivity index (χ0) is 45.7. The van der Waals surface area contributed by atoms with Crippen molar-refractivity contribution in [1.82, 2.24) is 4.98 Å². The molecule has 5 aromatic rings. The quantitative estimate of drug-likeness (QED) is 0.00863. The Bertz CT molecular complexity index is 2450. The molecule has 5 rings (SSSR count). The summed E-state index contributed by atoms with van der Waals surface area (Å²) in [5.41, 5.74) is 3.53. The molecule has 0 spiro atoms. The fourth-order valence-electron chi connectivity index (χ4n) is 5.44. The van der Waals surface area contributed by atoms with E-state index in [2.05, 4.69) is 31.3 Å². The zero-order valence-electron chi connectivity index (χ0n) is 34.7. The molecule has 0 amide bonds. The minimum absolute atomic E-state index is 0.00185. The van der Waals surface area contributed by atoms with Gasteiger partial charge in [-0.1, -0.05) is 61.9 Å². The number of hydrazone groups is 1. The van der Waals surface area contributed by atoms with Crippen LogP contribution in [0.5, 0.6) is 17.2 Å². The first-order valence-corrected chi connectivity index (χ1v) is 20.3. The van der Waals surface area contributed by atoms with Crippen LogP contribution in [0.2, 0.25) is 0 Å². The average Bonchev–Trinajstić information content (AvgIpc) is 3.75. The van der Waals surface area contributed by atoms with Crippen LogP contribution in [0.3, 0.4) is 0 Å². The number of aliphatic hydroxyl groups is 1. The van der Waals surface area contributed by atoms with Crippen LogP contribution in [0, 0.1) is 0 Å². The number of fused-ring (bicyclic) bond motifs is 1. The minimum atomic E-state index is -0.736. The molecule has 0 radical (unpaired) electrons. The summed E-state index contributed by atoms with van der Waals surface area (Å²) in [6.07, 6.45) is 5.68. The minimum Gasteiger partial charge on any atom is -0.462 e. The summed E-state index contributed by atoms with van der Waals surface area (Å²) in [6.45, 7) is 12.8. The van der Waals surface area contributed by atoms with Crippen molar-refractivity contribution in [3.8, 4) is 17.2 Å². The number of esters is 4. The number of hydrogen-bond donors (Lipinski definition) is 1. The second-order valence-electron chi connectivity index (χ2n) is 13.0. The summed E-state index contributed by atoms with van der Waals surface area (Å²) in [7, 11) is 0. The van der Waals surface area contributed by atoms with Crippen LogP contribution in [-0.4, -0.2) is 86.9 Å². The van der Waals surface area contributed by atoms with E-state index >= 15 is 0 Å². The van der Waals surface area contributed by atoms with Crippen LogP contribution in [-0.2, 0) is 46.1 Å². The zero-order valence-corrected chi connectivity index (χ0v) is 35.5. The van der Waals surface area contributed by atoms with Crippen molar-refractivity contribution in [3.63, 3.8) is 0 Å². The van der Waals surface area contributed by atoms with Crippen LogP contribution < -0.4 is 19.2 Å². The molecule has 0 unspecified atom stereocenters. The van der Waals surface area contributed by atoms with Crippen molar-refractivity contribution >= 4 is 56.8 Å². The number of carbonyl (C=O) groups is 4. The topological polar surface area (TPSA) is 191 Å². The number of hydrogen-bond acceptors (Lipinski definition) is 17. The highest BCUT2D eigenvalue weighted by atomic mass is 32.1. The molecular weight excluding hydrogens is 847 g/mol. The predicted octanol–water partition coefficient (Wildman–Crippen LogP) is 7.11. The highest BCUT2D eigenvalue weighted by Gasteiger charge is 2.16. The van der Waals surface area contributed by atoms with Gasteiger partial charge in [-0.15, -0.1) is 0 Å². The van der Waals surface area contributed by atoms with Crippen molar-refractivity contribution in [1.29, 1.82) is 0 Å².